The van der Waals surface area contributed by atoms with Crippen LogP contribution in [0.5, 0.6) is 0 Å². The summed E-state index contributed by atoms with van der Waals surface area (Å²) in [5.41, 5.74) is 0. The predicted molar refractivity (Wildman–Crippen MR) is 67.2 cm³/mol. The maximum Gasteiger partial charge on any atom is 0.00791 e. The van der Waals surface area contributed by atoms with Crippen molar-refractivity contribution in [1.29, 1.82) is 0 Å². The minimum atomic E-state index is 0.624. The molecule has 2 nitrogen and oxygen atoms in total. The van der Waals surface area contributed by atoms with Gasteiger partial charge in [0.25, 0.3) is 0 Å². The van der Waals surface area contributed by atoms with Crippen LogP contribution in [0.25, 0.3) is 0 Å². The summed E-state index contributed by atoms with van der Waals surface area (Å²) in [5.74, 6) is 0.963. The molecule has 0 aromatic rings. The van der Waals surface area contributed by atoms with Gasteiger partial charge in [0, 0.05) is 18.6 Å². The van der Waals surface area contributed by atoms with Crippen LogP contribution in [-0.2, 0) is 0 Å². The summed E-state index contributed by atoms with van der Waals surface area (Å²) in [6, 6.07) is 1.38. The molecule has 1 aliphatic rings. The fraction of sp³-hybridized carbons (Fsp3) is 1.00. The third-order valence-electron chi connectivity index (χ3n) is 3.63. The summed E-state index contributed by atoms with van der Waals surface area (Å²) in [6.07, 6.45) is 4.06. The number of nitrogens with one attached hydrogen (secondary N) is 1. The Bertz CT molecular complexity index is 168. The van der Waals surface area contributed by atoms with E-state index in [4.69, 9.17) is 0 Å². The monoisotopic (exact) mass is 212 g/mol. The van der Waals surface area contributed by atoms with Crippen molar-refractivity contribution in [2.45, 2.75) is 59.0 Å². The quantitative estimate of drug-likeness (QED) is 0.728. The number of nitrogens with zero attached hydrogens (tertiary/aromatic N) is 1. The molecule has 2 heteroatoms. The predicted octanol–water partition coefficient (Wildman–Crippen LogP) is 2.49. The molecule has 0 aromatic carbocycles. The molecule has 1 N–H and O–H groups in total. The molecule has 1 saturated heterocycles. The Morgan fingerprint density at radius 1 is 1.33 bits per heavy atom. The van der Waals surface area contributed by atoms with Crippen LogP contribution < -0.4 is 5.32 Å². The lowest BCUT2D eigenvalue weighted by Gasteiger charge is -2.24. The molecular formula is C13H28N2. The normalized spacial score (nSPS) is 25.0. The van der Waals surface area contributed by atoms with Gasteiger partial charge in [-0.1, -0.05) is 27.2 Å². The molecule has 0 bridgehead atoms. The van der Waals surface area contributed by atoms with E-state index in [1.54, 1.807) is 0 Å². The highest BCUT2D eigenvalue weighted by Crippen LogP contribution is 2.21. The van der Waals surface area contributed by atoms with Crippen LogP contribution in [0.1, 0.15) is 47.0 Å². The minimum absolute atomic E-state index is 0.624. The smallest absolute Gasteiger partial charge is 0.00791 e. The fourth-order valence-electron chi connectivity index (χ4n) is 2.36. The van der Waals surface area contributed by atoms with Crippen molar-refractivity contribution in [3.63, 3.8) is 0 Å². The summed E-state index contributed by atoms with van der Waals surface area (Å²) < 4.78 is 0. The summed E-state index contributed by atoms with van der Waals surface area (Å²) in [6.45, 7) is 12.9. The first-order valence-corrected chi connectivity index (χ1v) is 6.61. The third-order valence-corrected chi connectivity index (χ3v) is 3.63. The topological polar surface area (TPSA) is 15.3 Å². The fourth-order valence-corrected chi connectivity index (χ4v) is 2.36. The molecule has 2 unspecified atom stereocenters. The van der Waals surface area contributed by atoms with Crippen LogP contribution in [0.15, 0.2) is 0 Å². The van der Waals surface area contributed by atoms with Crippen molar-refractivity contribution >= 4 is 0 Å². The van der Waals surface area contributed by atoms with E-state index >= 15 is 0 Å². The number of hydrogen-bond acceptors (Lipinski definition) is 2. The van der Waals surface area contributed by atoms with Gasteiger partial charge in [-0.2, -0.15) is 0 Å². The van der Waals surface area contributed by atoms with Crippen molar-refractivity contribution in [3.8, 4) is 0 Å². The van der Waals surface area contributed by atoms with E-state index in [0.29, 0.717) is 6.04 Å². The Hall–Kier alpha value is -0.0800. The first-order chi connectivity index (χ1) is 7.13. The molecular weight excluding hydrogens is 184 g/mol. The Morgan fingerprint density at radius 2 is 2.07 bits per heavy atom. The molecule has 15 heavy (non-hydrogen) atoms. The van der Waals surface area contributed by atoms with Gasteiger partial charge < -0.3 is 10.2 Å². The first-order valence-electron chi connectivity index (χ1n) is 6.61. The average Bonchev–Trinajstić information content (AvgIpc) is 2.65. The highest BCUT2D eigenvalue weighted by molar-refractivity contribution is 4.79. The summed E-state index contributed by atoms with van der Waals surface area (Å²) >= 11 is 0. The summed E-state index contributed by atoms with van der Waals surface area (Å²) in [5, 5.41) is 3.50. The molecule has 1 heterocycles. The van der Waals surface area contributed by atoms with Crippen LogP contribution in [0.4, 0.5) is 0 Å². The number of rotatable bonds is 6. The molecule has 0 aromatic heterocycles. The van der Waals surface area contributed by atoms with Crippen molar-refractivity contribution in [1.82, 2.24) is 10.2 Å². The average molecular weight is 212 g/mol. The maximum atomic E-state index is 3.50. The molecule has 1 aliphatic heterocycles. The Labute approximate surface area is 95.4 Å². The Morgan fingerprint density at radius 3 is 2.60 bits per heavy atom. The summed E-state index contributed by atoms with van der Waals surface area (Å²) in [4.78, 5) is 2.66. The van der Waals surface area contributed by atoms with Crippen LogP contribution in [0.3, 0.4) is 0 Å². The summed E-state index contributed by atoms with van der Waals surface area (Å²) in [7, 11) is 0. The second-order valence-electron chi connectivity index (χ2n) is 5.30. The molecule has 0 radical (unpaired) electrons. The lowest BCUT2D eigenvalue weighted by Crippen LogP contribution is -2.35. The highest BCUT2D eigenvalue weighted by atomic mass is 15.2. The van der Waals surface area contributed by atoms with E-state index < -0.39 is 0 Å². The van der Waals surface area contributed by atoms with Crippen molar-refractivity contribution in [2.24, 2.45) is 5.92 Å². The van der Waals surface area contributed by atoms with Gasteiger partial charge in [0.2, 0.25) is 0 Å². The van der Waals surface area contributed by atoms with Gasteiger partial charge in [0.05, 0.1) is 0 Å². The second kappa shape index (κ2) is 6.49. The van der Waals surface area contributed by atoms with E-state index in [1.807, 2.05) is 0 Å². The molecule has 0 saturated carbocycles. The van der Waals surface area contributed by atoms with E-state index in [2.05, 4.69) is 37.9 Å². The largest absolute Gasteiger partial charge is 0.314 e. The van der Waals surface area contributed by atoms with Gasteiger partial charge in [-0.15, -0.1) is 0 Å². The lowest BCUT2D eigenvalue weighted by atomic mass is 10.1. The molecule has 0 aliphatic carbocycles. The van der Waals surface area contributed by atoms with E-state index in [9.17, 15) is 0 Å². The SMILES string of the molecule is CCC1CCN(C(C)CCNC(C)C)C1. The zero-order valence-electron chi connectivity index (χ0n) is 10.9. The van der Waals surface area contributed by atoms with Gasteiger partial charge in [-0.3, -0.25) is 0 Å². The molecule has 2 atom stereocenters. The lowest BCUT2D eigenvalue weighted by molar-refractivity contribution is 0.234. The van der Waals surface area contributed by atoms with Crippen LogP contribution in [0.2, 0.25) is 0 Å². The van der Waals surface area contributed by atoms with Gasteiger partial charge in [0.1, 0.15) is 0 Å². The van der Waals surface area contributed by atoms with Gasteiger partial charge >= 0.3 is 0 Å². The van der Waals surface area contributed by atoms with E-state index in [0.717, 1.165) is 18.5 Å². The molecule has 0 spiro atoms. The second-order valence-corrected chi connectivity index (χ2v) is 5.30. The standard InChI is InChI=1S/C13H28N2/c1-5-13-7-9-15(10-13)12(4)6-8-14-11(2)3/h11-14H,5-10H2,1-4H3. The maximum absolute atomic E-state index is 3.50. The van der Waals surface area contributed by atoms with Gasteiger partial charge in [-0.25, -0.2) is 0 Å². The van der Waals surface area contributed by atoms with Crippen molar-refractivity contribution < 1.29 is 0 Å². The van der Waals surface area contributed by atoms with Crippen molar-refractivity contribution in [3.05, 3.63) is 0 Å². The molecule has 0 amide bonds. The molecule has 90 valence electrons. The van der Waals surface area contributed by atoms with E-state index in [-0.39, 0.29) is 0 Å². The zero-order chi connectivity index (χ0) is 11.3. The van der Waals surface area contributed by atoms with E-state index in [1.165, 1.54) is 32.4 Å². The minimum Gasteiger partial charge on any atom is -0.314 e. The van der Waals surface area contributed by atoms with Gasteiger partial charge in [-0.05, 0) is 38.8 Å². The zero-order valence-corrected chi connectivity index (χ0v) is 10.9. The molecule has 1 rings (SSSR count). The highest BCUT2D eigenvalue weighted by Gasteiger charge is 2.24. The third kappa shape index (κ3) is 4.52. The van der Waals surface area contributed by atoms with Crippen LogP contribution in [0, 0.1) is 5.92 Å². The van der Waals surface area contributed by atoms with Crippen LogP contribution >= 0.6 is 0 Å². The first kappa shape index (κ1) is 13.0. The van der Waals surface area contributed by atoms with Crippen LogP contribution in [-0.4, -0.2) is 36.6 Å². The number of hydrogen-bond donors (Lipinski definition) is 1. The van der Waals surface area contributed by atoms with Gasteiger partial charge in [0.15, 0.2) is 0 Å². The Kier molecular flexibility index (Phi) is 5.62. The van der Waals surface area contributed by atoms with Crippen molar-refractivity contribution in [2.75, 3.05) is 19.6 Å². The number of likely N-dealkylation sites (tertiary alicyclic amines) is 1. The Balaban J connectivity index is 2.14. The molecule has 1 fully saturated rings.